The summed E-state index contributed by atoms with van der Waals surface area (Å²) in [4.78, 5) is 30.1. The van der Waals surface area contributed by atoms with E-state index < -0.39 is 6.04 Å². The van der Waals surface area contributed by atoms with Gasteiger partial charge >= 0.3 is 6.03 Å². The number of fused-ring (bicyclic) bond motifs is 1. The third kappa shape index (κ3) is 5.56. The summed E-state index contributed by atoms with van der Waals surface area (Å²) in [7, 11) is 0. The number of aryl methyl sites for hydroxylation is 1. The molecule has 1 aromatic rings. The van der Waals surface area contributed by atoms with Gasteiger partial charge in [-0.15, -0.1) is 0 Å². The van der Waals surface area contributed by atoms with Crippen LogP contribution in [0.1, 0.15) is 49.7 Å². The molecular weight excluding hydrogens is 449 g/mol. The lowest BCUT2D eigenvalue weighted by molar-refractivity contribution is -0.122. The lowest BCUT2D eigenvalue weighted by Crippen LogP contribution is -2.57. The van der Waals surface area contributed by atoms with Crippen LogP contribution in [0.15, 0.2) is 12.1 Å². The zero-order valence-electron chi connectivity index (χ0n) is 20.7. The summed E-state index contributed by atoms with van der Waals surface area (Å²) >= 11 is 0. The molecule has 192 valence electrons. The molecule has 0 bridgehead atoms. The SMILES string of the molecule is Cc1ccc(F)c2c1NC(C(=O)N[C@@H]1CCC[C@@H](N3CCN(C(=O)NC4CCOCC4)CC3)C1)C2. The quantitative estimate of drug-likeness (QED) is 0.607. The van der Waals surface area contributed by atoms with Gasteiger partial charge in [-0.25, -0.2) is 9.18 Å². The van der Waals surface area contributed by atoms with Crippen molar-refractivity contribution in [3.05, 3.63) is 29.1 Å². The number of halogens is 1. The Hall–Kier alpha value is -2.39. The highest BCUT2D eigenvalue weighted by Crippen LogP contribution is 2.32. The van der Waals surface area contributed by atoms with Gasteiger partial charge in [0.15, 0.2) is 0 Å². The molecule has 0 radical (unpaired) electrons. The van der Waals surface area contributed by atoms with Gasteiger partial charge in [0.2, 0.25) is 5.91 Å². The highest BCUT2D eigenvalue weighted by atomic mass is 19.1. The van der Waals surface area contributed by atoms with E-state index in [-0.39, 0.29) is 29.8 Å². The molecule has 0 spiro atoms. The van der Waals surface area contributed by atoms with Gasteiger partial charge in [0, 0.05) is 75.2 Å². The third-order valence-corrected chi connectivity index (χ3v) is 8.17. The lowest BCUT2D eigenvalue weighted by Gasteiger charge is -2.42. The first kappa shape index (κ1) is 24.3. The number of carbonyl (C=O) groups is 2. The van der Waals surface area contributed by atoms with Gasteiger partial charge in [0.1, 0.15) is 11.9 Å². The van der Waals surface area contributed by atoms with Crippen molar-refractivity contribution in [3.8, 4) is 0 Å². The topological polar surface area (TPSA) is 85.9 Å². The van der Waals surface area contributed by atoms with Crippen LogP contribution in [0, 0.1) is 12.7 Å². The van der Waals surface area contributed by atoms with Crippen molar-refractivity contribution in [1.82, 2.24) is 20.4 Å². The largest absolute Gasteiger partial charge is 0.381 e. The summed E-state index contributed by atoms with van der Waals surface area (Å²) in [6, 6.07) is 3.63. The Morgan fingerprint density at radius 3 is 2.54 bits per heavy atom. The van der Waals surface area contributed by atoms with E-state index in [2.05, 4.69) is 20.9 Å². The maximum Gasteiger partial charge on any atom is 0.317 e. The average molecular weight is 488 g/mol. The fourth-order valence-corrected chi connectivity index (χ4v) is 6.05. The molecule has 3 amide bonds. The summed E-state index contributed by atoms with van der Waals surface area (Å²) in [6.45, 7) is 6.58. The Morgan fingerprint density at radius 1 is 1.03 bits per heavy atom. The predicted molar refractivity (Wildman–Crippen MR) is 132 cm³/mol. The lowest BCUT2D eigenvalue weighted by atomic mass is 9.89. The Morgan fingerprint density at radius 2 is 1.80 bits per heavy atom. The van der Waals surface area contributed by atoms with E-state index in [1.54, 1.807) is 6.07 Å². The number of hydrogen-bond donors (Lipinski definition) is 3. The molecule has 1 saturated carbocycles. The number of benzene rings is 1. The van der Waals surface area contributed by atoms with E-state index in [0.29, 0.717) is 18.0 Å². The maximum absolute atomic E-state index is 14.2. The van der Waals surface area contributed by atoms with Gasteiger partial charge in [0.25, 0.3) is 0 Å². The number of piperazine rings is 1. The summed E-state index contributed by atoms with van der Waals surface area (Å²) in [5, 5.41) is 9.64. The van der Waals surface area contributed by atoms with Crippen molar-refractivity contribution >= 4 is 17.6 Å². The molecule has 5 rings (SSSR count). The first-order valence-electron chi connectivity index (χ1n) is 13.2. The second-order valence-corrected chi connectivity index (χ2v) is 10.5. The van der Waals surface area contributed by atoms with E-state index >= 15 is 0 Å². The standard InChI is InChI=1S/C26H38FN5O3/c1-17-5-6-22(27)21-16-23(30-24(17)21)25(33)28-19-3-2-4-20(15-19)31-9-11-32(12-10-31)26(34)29-18-7-13-35-14-8-18/h5-6,18-20,23,30H,2-4,7-16H2,1H3,(H,28,33)(H,29,34)/t19-,20-,23?/m1/s1. The van der Waals surface area contributed by atoms with Crippen molar-refractivity contribution in [2.75, 3.05) is 44.7 Å². The van der Waals surface area contributed by atoms with Crippen LogP contribution in [0.5, 0.6) is 0 Å². The number of amides is 3. The molecular formula is C26H38FN5O3. The number of anilines is 1. The minimum atomic E-state index is -0.418. The van der Waals surface area contributed by atoms with Crippen molar-refractivity contribution in [2.24, 2.45) is 0 Å². The summed E-state index contributed by atoms with van der Waals surface area (Å²) in [6.07, 6.45) is 6.26. The number of carbonyl (C=O) groups excluding carboxylic acids is 2. The summed E-state index contributed by atoms with van der Waals surface area (Å²) in [5.74, 6) is -0.285. The van der Waals surface area contributed by atoms with Crippen LogP contribution in [-0.4, -0.2) is 85.3 Å². The van der Waals surface area contributed by atoms with Gasteiger partial charge < -0.3 is 25.6 Å². The molecule has 8 nitrogen and oxygen atoms in total. The molecule has 3 N–H and O–H groups in total. The van der Waals surface area contributed by atoms with Crippen molar-refractivity contribution < 1.29 is 18.7 Å². The molecule has 4 aliphatic rings. The van der Waals surface area contributed by atoms with Crippen LogP contribution in [0.25, 0.3) is 0 Å². The molecule has 0 aromatic heterocycles. The van der Waals surface area contributed by atoms with E-state index in [1.807, 2.05) is 11.8 Å². The van der Waals surface area contributed by atoms with Gasteiger partial charge in [-0.3, -0.25) is 9.69 Å². The van der Waals surface area contributed by atoms with E-state index in [1.165, 1.54) is 6.07 Å². The fraction of sp³-hybridized carbons (Fsp3) is 0.692. The minimum Gasteiger partial charge on any atom is -0.381 e. The maximum atomic E-state index is 14.2. The zero-order chi connectivity index (χ0) is 24.4. The first-order chi connectivity index (χ1) is 17.0. The van der Waals surface area contributed by atoms with Crippen molar-refractivity contribution in [3.63, 3.8) is 0 Å². The molecule has 1 unspecified atom stereocenters. The second-order valence-electron chi connectivity index (χ2n) is 10.5. The molecule has 1 aliphatic carbocycles. The minimum absolute atomic E-state index is 0.0414. The summed E-state index contributed by atoms with van der Waals surface area (Å²) < 4.78 is 19.6. The number of urea groups is 1. The van der Waals surface area contributed by atoms with Gasteiger partial charge in [0.05, 0.1) is 0 Å². The molecule has 35 heavy (non-hydrogen) atoms. The van der Waals surface area contributed by atoms with Gasteiger partial charge in [-0.05, 0) is 57.1 Å². The van der Waals surface area contributed by atoms with Gasteiger partial charge in [-0.1, -0.05) is 6.07 Å². The Bertz CT molecular complexity index is 899. The van der Waals surface area contributed by atoms with E-state index in [0.717, 1.165) is 89.2 Å². The van der Waals surface area contributed by atoms with Crippen LogP contribution in [0.2, 0.25) is 0 Å². The summed E-state index contributed by atoms with van der Waals surface area (Å²) in [5.41, 5.74) is 2.35. The molecule has 3 fully saturated rings. The predicted octanol–water partition coefficient (Wildman–Crippen LogP) is 2.40. The molecule has 3 heterocycles. The zero-order valence-corrected chi connectivity index (χ0v) is 20.7. The Balaban J connectivity index is 1.08. The molecule has 1 aromatic carbocycles. The van der Waals surface area contributed by atoms with Gasteiger partial charge in [-0.2, -0.15) is 0 Å². The number of ether oxygens (including phenoxy) is 1. The van der Waals surface area contributed by atoms with Crippen molar-refractivity contribution in [2.45, 2.75) is 76.0 Å². The number of nitrogens with one attached hydrogen (secondary N) is 3. The molecule has 3 aliphatic heterocycles. The average Bonchev–Trinajstić information content (AvgIpc) is 3.35. The first-order valence-corrected chi connectivity index (χ1v) is 13.2. The number of rotatable bonds is 4. The highest BCUT2D eigenvalue weighted by molar-refractivity contribution is 5.88. The molecule has 2 saturated heterocycles. The number of nitrogens with zero attached hydrogens (tertiary/aromatic N) is 2. The van der Waals surface area contributed by atoms with Crippen LogP contribution >= 0.6 is 0 Å². The van der Waals surface area contributed by atoms with Crippen LogP contribution in [0.4, 0.5) is 14.9 Å². The van der Waals surface area contributed by atoms with E-state index in [4.69, 9.17) is 4.74 Å². The third-order valence-electron chi connectivity index (χ3n) is 8.17. The fourth-order valence-electron chi connectivity index (χ4n) is 6.05. The molecule has 9 heteroatoms. The monoisotopic (exact) mass is 487 g/mol. The normalized spacial score (nSPS) is 27.7. The number of hydrogen-bond acceptors (Lipinski definition) is 5. The highest BCUT2D eigenvalue weighted by Gasteiger charge is 2.34. The molecule has 3 atom stereocenters. The smallest absolute Gasteiger partial charge is 0.317 e. The van der Waals surface area contributed by atoms with Crippen LogP contribution in [-0.2, 0) is 16.0 Å². The van der Waals surface area contributed by atoms with Crippen molar-refractivity contribution in [1.29, 1.82) is 0 Å². The van der Waals surface area contributed by atoms with Crippen LogP contribution < -0.4 is 16.0 Å². The van der Waals surface area contributed by atoms with Crippen LogP contribution in [0.3, 0.4) is 0 Å². The van der Waals surface area contributed by atoms with E-state index in [9.17, 15) is 14.0 Å². The Labute approximate surface area is 206 Å². The Kier molecular flexibility index (Phi) is 7.43. The second kappa shape index (κ2) is 10.7.